The minimum absolute atomic E-state index is 0. The Balaban J connectivity index is 0.00000240. The molecule has 3 nitrogen and oxygen atoms in total. The summed E-state index contributed by atoms with van der Waals surface area (Å²) < 4.78 is 7.47. The Bertz CT molecular complexity index is 703. The fourth-order valence-electron chi connectivity index (χ4n) is 6.43. The highest BCUT2D eigenvalue weighted by atomic mass is 127. The Hall–Kier alpha value is -0.880. The van der Waals surface area contributed by atoms with Crippen LogP contribution < -0.4 is 24.0 Å². The second-order valence-electron chi connectivity index (χ2n) is 9.07. The molecular formula is C25H36INO2. The number of hydrogen-bond donors (Lipinski definition) is 0. The second-order valence-corrected chi connectivity index (χ2v) is 9.07. The quantitative estimate of drug-likeness (QED) is 0.335. The number of esters is 1. The number of nitrogens with zero attached hydrogens (tertiary/aromatic N) is 1. The van der Waals surface area contributed by atoms with Gasteiger partial charge in [-0.15, -0.1) is 0 Å². The van der Waals surface area contributed by atoms with E-state index in [2.05, 4.69) is 44.2 Å². The van der Waals surface area contributed by atoms with E-state index in [1.54, 1.807) is 0 Å². The largest absolute Gasteiger partial charge is 1.00 e. The topological polar surface area (TPSA) is 26.3 Å². The van der Waals surface area contributed by atoms with E-state index in [0.29, 0.717) is 12.1 Å². The molecule has 2 fully saturated rings. The molecule has 2 bridgehead atoms. The average molecular weight is 509 g/mol. The van der Waals surface area contributed by atoms with Crippen LogP contribution in [0, 0.1) is 5.92 Å². The number of hydrogen-bond acceptors (Lipinski definition) is 2. The van der Waals surface area contributed by atoms with Gasteiger partial charge in [0.05, 0.1) is 31.1 Å². The fraction of sp³-hybridized carbons (Fsp3) is 0.640. The maximum absolute atomic E-state index is 13.2. The smallest absolute Gasteiger partial charge is 0.313 e. The van der Waals surface area contributed by atoms with Crippen LogP contribution in [0.3, 0.4) is 0 Å². The molecule has 160 valence electrons. The van der Waals surface area contributed by atoms with Gasteiger partial charge in [-0.25, -0.2) is 0 Å². The minimum atomic E-state index is -0.0863. The van der Waals surface area contributed by atoms with Gasteiger partial charge in [0.2, 0.25) is 0 Å². The van der Waals surface area contributed by atoms with E-state index in [1.807, 2.05) is 6.07 Å². The lowest BCUT2D eigenvalue weighted by Gasteiger charge is -2.49. The zero-order chi connectivity index (χ0) is 19.6. The first-order chi connectivity index (χ1) is 13.7. The Morgan fingerprint density at radius 2 is 1.76 bits per heavy atom. The Morgan fingerprint density at radius 3 is 2.38 bits per heavy atom. The van der Waals surface area contributed by atoms with Crippen molar-refractivity contribution in [3.05, 3.63) is 42.0 Å². The van der Waals surface area contributed by atoms with E-state index in [1.165, 1.54) is 48.0 Å². The third-order valence-corrected chi connectivity index (χ3v) is 7.70. The summed E-state index contributed by atoms with van der Waals surface area (Å²) in [6, 6.07) is 11.8. The first-order valence-corrected chi connectivity index (χ1v) is 11.5. The van der Waals surface area contributed by atoms with Gasteiger partial charge in [0.15, 0.2) is 0 Å². The molecule has 0 aromatic heterocycles. The number of ether oxygens (including phenoxy) is 1. The number of rotatable bonds is 6. The number of allylic oxidation sites excluding steroid dienone is 1. The van der Waals surface area contributed by atoms with Gasteiger partial charge in [0.25, 0.3) is 0 Å². The number of piperidine rings is 1. The minimum Gasteiger partial charge on any atom is -1.00 e. The maximum atomic E-state index is 13.2. The Morgan fingerprint density at radius 1 is 1.07 bits per heavy atom. The van der Waals surface area contributed by atoms with Gasteiger partial charge in [0.1, 0.15) is 6.10 Å². The predicted molar refractivity (Wildman–Crippen MR) is 114 cm³/mol. The van der Waals surface area contributed by atoms with Crippen molar-refractivity contribution in [1.29, 1.82) is 0 Å². The van der Waals surface area contributed by atoms with Crippen molar-refractivity contribution in [3.8, 4) is 0 Å². The van der Waals surface area contributed by atoms with Crippen LogP contribution in [0.4, 0.5) is 0 Å². The third kappa shape index (κ3) is 4.43. The van der Waals surface area contributed by atoms with Gasteiger partial charge in [-0.1, -0.05) is 43.3 Å². The van der Waals surface area contributed by atoms with Crippen LogP contribution in [0.2, 0.25) is 0 Å². The lowest BCUT2D eigenvalue weighted by molar-refractivity contribution is -0.965. The molecule has 29 heavy (non-hydrogen) atoms. The van der Waals surface area contributed by atoms with Crippen LogP contribution in [0.5, 0.6) is 0 Å². The van der Waals surface area contributed by atoms with Gasteiger partial charge < -0.3 is 33.2 Å². The number of quaternary nitrogens is 1. The summed E-state index contributed by atoms with van der Waals surface area (Å²) in [7, 11) is 0. The number of halogens is 1. The summed E-state index contributed by atoms with van der Waals surface area (Å²) in [6.07, 6.45) is 11.4. The molecule has 1 aliphatic carbocycles. The molecule has 5 atom stereocenters. The van der Waals surface area contributed by atoms with Crippen LogP contribution in [-0.2, 0) is 9.53 Å². The Kier molecular flexibility index (Phi) is 7.82. The van der Waals surface area contributed by atoms with Crippen molar-refractivity contribution in [1.82, 2.24) is 0 Å². The second kappa shape index (κ2) is 9.95. The number of carbonyl (C=O) groups excluding carboxylic acids is 1. The molecule has 0 spiro atoms. The monoisotopic (exact) mass is 509 g/mol. The molecule has 2 aliphatic heterocycles. The summed E-state index contributed by atoms with van der Waals surface area (Å²) in [4.78, 5) is 13.2. The van der Waals surface area contributed by atoms with Crippen LogP contribution >= 0.6 is 0 Å². The molecule has 3 aliphatic rings. The number of fused-ring (bicyclic) bond motifs is 2. The summed E-state index contributed by atoms with van der Waals surface area (Å²) in [5.41, 5.74) is 2.36. The van der Waals surface area contributed by atoms with E-state index in [9.17, 15) is 4.79 Å². The zero-order valence-corrected chi connectivity index (χ0v) is 20.1. The van der Waals surface area contributed by atoms with E-state index >= 15 is 0 Å². The number of carbonyl (C=O) groups is 1. The highest BCUT2D eigenvalue weighted by Gasteiger charge is 2.53. The van der Waals surface area contributed by atoms with Crippen molar-refractivity contribution in [2.75, 3.05) is 13.1 Å². The van der Waals surface area contributed by atoms with E-state index < -0.39 is 0 Å². The molecule has 2 saturated heterocycles. The predicted octanol–water partition coefficient (Wildman–Crippen LogP) is 2.36. The van der Waals surface area contributed by atoms with Gasteiger partial charge in [-0.2, -0.15) is 0 Å². The standard InChI is InChI=1S/C25H36NO2.HI/c1-3-16-26(4-2)20-14-15-21(26)18-22(17-20)28-25(27)24-13-9-8-12-23(24)19-10-6-5-7-11-19;/h5-7,10-12,20-22,24H,3-4,8-9,13-18H2,1-2H3;1H/q+1;/p-1/t20-,21+,22?,24?,26?;. The molecule has 0 saturated carbocycles. The summed E-state index contributed by atoms with van der Waals surface area (Å²) in [6.45, 7) is 7.18. The van der Waals surface area contributed by atoms with Gasteiger partial charge in [-0.3, -0.25) is 4.79 Å². The highest BCUT2D eigenvalue weighted by molar-refractivity contribution is 5.89. The molecule has 0 radical (unpaired) electrons. The van der Waals surface area contributed by atoms with Gasteiger partial charge in [0, 0.05) is 25.7 Å². The fourth-order valence-corrected chi connectivity index (χ4v) is 6.43. The first-order valence-electron chi connectivity index (χ1n) is 11.5. The van der Waals surface area contributed by atoms with Crippen molar-refractivity contribution >= 4 is 11.5 Å². The van der Waals surface area contributed by atoms with Crippen molar-refractivity contribution in [2.24, 2.45) is 5.92 Å². The van der Waals surface area contributed by atoms with E-state index in [-0.39, 0.29) is 42.0 Å². The molecule has 1 aromatic carbocycles. The van der Waals surface area contributed by atoms with Crippen molar-refractivity contribution < 1.29 is 38.0 Å². The molecule has 0 N–H and O–H groups in total. The maximum Gasteiger partial charge on any atom is 0.313 e. The summed E-state index contributed by atoms with van der Waals surface area (Å²) in [5, 5.41) is 0. The molecule has 0 amide bonds. The molecular weight excluding hydrogens is 473 g/mol. The lowest BCUT2D eigenvalue weighted by Crippen LogP contribution is -3.00. The molecule has 1 aromatic rings. The van der Waals surface area contributed by atoms with Gasteiger partial charge >= 0.3 is 5.97 Å². The van der Waals surface area contributed by atoms with Crippen LogP contribution in [0.1, 0.15) is 70.8 Å². The third-order valence-electron chi connectivity index (χ3n) is 7.70. The van der Waals surface area contributed by atoms with Gasteiger partial charge in [-0.05, 0) is 43.7 Å². The number of benzene rings is 1. The molecule has 3 unspecified atom stereocenters. The first kappa shape index (κ1) is 22.8. The lowest BCUT2D eigenvalue weighted by atomic mass is 9.83. The highest BCUT2D eigenvalue weighted by Crippen LogP contribution is 2.44. The average Bonchev–Trinajstić information content (AvgIpc) is 2.91. The van der Waals surface area contributed by atoms with Crippen LogP contribution in [-0.4, -0.2) is 41.7 Å². The molecule has 2 heterocycles. The summed E-state index contributed by atoms with van der Waals surface area (Å²) in [5.74, 6) is -0.0667. The zero-order valence-electron chi connectivity index (χ0n) is 18.0. The van der Waals surface area contributed by atoms with E-state index in [4.69, 9.17) is 4.74 Å². The SMILES string of the molecule is CCC[N+]1(CC)[C@@H]2CC[C@H]1CC(OC(=O)C1CCCC=C1c1ccccc1)C2.[I-]. The normalized spacial score (nSPS) is 33.5. The van der Waals surface area contributed by atoms with Crippen molar-refractivity contribution in [3.63, 3.8) is 0 Å². The van der Waals surface area contributed by atoms with E-state index in [0.717, 1.165) is 32.1 Å². The molecule has 4 heteroatoms. The van der Waals surface area contributed by atoms with Crippen molar-refractivity contribution in [2.45, 2.75) is 83.4 Å². The van der Waals surface area contributed by atoms with Crippen LogP contribution in [0.15, 0.2) is 36.4 Å². The molecule has 4 rings (SSSR count). The summed E-state index contributed by atoms with van der Waals surface area (Å²) >= 11 is 0. The van der Waals surface area contributed by atoms with Crippen LogP contribution in [0.25, 0.3) is 5.57 Å². The Labute approximate surface area is 193 Å².